The molecule has 0 N–H and O–H groups in total. The smallest absolute Gasteiger partial charge is 1.00 e. The minimum Gasteiger partial charge on any atom is -1.00 e. The molecular formula is C18H22Mg4O6. The Hall–Kier alpha value is -0.215. The number of hydrogen-bond donors (Lipinski definition) is 0. The number of carbonyl (C=O) groups excluding carboxylic acids is 4. The van der Waals surface area contributed by atoms with Crippen LogP contribution in [0.4, 0.5) is 0 Å². The maximum Gasteiger partial charge on any atom is 2.00 e. The van der Waals surface area contributed by atoms with Crippen LogP contribution in [0.2, 0.25) is 0 Å². The van der Waals surface area contributed by atoms with Crippen molar-refractivity contribution in [3.05, 3.63) is 71.8 Å². The fourth-order valence-electron chi connectivity index (χ4n) is 1.78. The monoisotopic (exact) mass is 430 g/mol. The Balaban J connectivity index is -0.0000000579. The molecule has 0 spiro atoms. The fourth-order valence-corrected chi connectivity index (χ4v) is 1.78. The van der Waals surface area contributed by atoms with Crippen LogP contribution in [-0.4, -0.2) is 116 Å². The molecule has 138 valence electrons. The summed E-state index contributed by atoms with van der Waals surface area (Å²) in [6, 6.07) is 16.0. The van der Waals surface area contributed by atoms with Crippen molar-refractivity contribution in [2.24, 2.45) is 0 Å². The topological polar surface area (TPSA) is 86.7 Å². The summed E-state index contributed by atoms with van der Waals surface area (Å²) in [6.45, 7) is 0. The van der Waals surface area contributed by atoms with Gasteiger partial charge in [0.25, 0.3) is 0 Å². The molecule has 10 heteroatoms. The third-order valence-corrected chi connectivity index (χ3v) is 2.97. The molecule has 0 aliphatic carbocycles. The van der Waals surface area contributed by atoms with Crippen LogP contribution in [0.5, 0.6) is 0 Å². The van der Waals surface area contributed by atoms with Gasteiger partial charge in [-0.05, 0) is 24.3 Å². The number of carbonyl (C=O) groups is 4. The molecule has 28 heavy (non-hydrogen) atoms. The molecule has 0 unspecified atom stereocenters. The Labute approximate surface area is 239 Å². The third-order valence-electron chi connectivity index (χ3n) is 2.97. The van der Waals surface area contributed by atoms with E-state index in [0.717, 1.165) is 0 Å². The van der Waals surface area contributed by atoms with Gasteiger partial charge in [-0.2, -0.15) is 0 Å². The van der Waals surface area contributed by atoms with Crippen molar-refractivity contribution < 1.29 is 40.1 Å². The summed E-state index contributed by atoms with van der Waals surface area (Å²) in [5.74, 6) is -3.33. The predicted octanol–water partition coefficient (Wildman–Crippen LogP) is 1.91. The van der Waals surface area contributed by atoms with Crippen molar-refractivity contribution in [2.75, 3.05) is 0 Å². The summed E-state index contributed by atoms with van der Waals surface area (Å²) in [7, 11) is 0. The van der Waals surface area contributed by atoms with Gasteiger partial charge in [0.05, 0.1) is 24.0 Å². The van der Waals surface area contributed by atoms with E-state index in [-0.39, 0.29) is 128 Å². The van der Waals surface area contributed by atoms with Crippen LogP contribution in [0, 0.1) is 0 Å². The van der Waals surface area contributed by atoms with E-state index in [1.807, 2.05) is 0 Å². The van der Waals surface area contributed by atoms with Gasteiger partial charge in [0.2, 0.25) is 0 Å². The van der Waals surface area contributed by atoms with Crippen LogP contribution in [0.25, 0.3) is 0 Å². The first-order valence-electron chi connectivity index (χ1n) is 7.16. The Morgan fingerprint density at radius 1 is 0.571 bits per heavy atom. The van der Waals surface area contributed by atoms with E-state index in [1.54, 1.807) is 36.4 Å². The molecule has 6 nitrogen and oxygen atoms in total. The van der Waals surface area contributed by atoms with E-state index in [2.05, 4.69) is 9.47 Å². The summed E-state index contributed by atoms with van der Waals surface area (Å²) in [5, 5.41) is 0. The zero-order valence-corrected chi connectivity index (χ0v) is 21.1. The second kappa shape index (κ2) is 17.6. The van der Waals surface area contributed by atoms with Gasteiger partial charge in [-0.15, -0.1) is 0 Å². The molecule has 0 saturated heterocycles. The van der Waals surface area contributed by atoms with Gasteiger partial charge in [0, 0.05) is 0 Å². The van der Waals surface area contributed by atoms with Crippen molar-refractivity contribution in [3.63, 3.8) is 0 Å². The molecular weight excluding hydrogens is 409 g/mol. The summed E-state index contributed by atoms with van der Waals surface area (Å²) in [5.41, 5.74) is 0.459. The van der Waals surface area contributed by atoms with Gasteiger partial charge in [-0.3, -0.25) is 9.59 Å². The average molecular weight is 432 g/mol. The number of benzene rings is 2. The van der Waals surface area contributed by atoms with Gasteiger partial charge >= 0.3 is 116 Å². The molecule has 0 aromatic heterocycles. The van der Waals surface area contributed by atoms with Crippen LogP contribution in [0.15, 0.2) is 60.7 Å². The third kappa shape index (κ3) is 11.7. The quantitative estimate of drug-likeness (QED) is 0.408. The maximum absolute atomic E-state index is 11.6. The van der Waals surface area contributed by atoms with Gasteiger partial charge in [-0.25, -0.2) is 9.59 Å². The minimum atomic E-state index is -0.868. The van der Waals surface area contributed by atoms with Crippen LogP contribution in [0.3, 0.4) is 0 Å². The van der Waals surface area contributed by atoms with E-state index in [9.17, 15) is 19.2 Å². The SMILES string of the molecule is O=C(CCC(=O)OC(=O)c1ccccc1)OC(=O)c1ccccc1.[H-].[H-].[H-].[H-].[H-].[H-].[H-].[H-].[Mg+2].[Mg+2].[Mg+2].[Mg+2]. The van der Waals surface area contributed by atoms with Crippen molar-refractivity contribution in [3.8, 4) is 0 Å². The average Bonchev–Trinajstić information content (AvgIpc) is 2.61. The molecule has 0 radical (unpaired) electrons. The summed E-state index contributed by atoms with van der Waals surface area (Å²) < 4.78 is 9.21. The van der Waals surface area contributed by atoms with Gasteiger partial charge < -0.3 is 20.9 Å². The second-order valence-electron chi connectivity index (χ2n) is 4.76. The first-order chi connectivity index (χ1) is 11.6. The molecule has 0 aliphatic heterocycles. The first-order valence-corrected chi connectivity index (χ1v) is 7.16. The van der Waals surface area contributed by atoms with Crippen molar-refractivity contribution >= 4 is 116 Å². The Morgan fingerprint density at radius 3 is 1.14 bits per heavy atom. The van der Waals surface area contributed by atoms with Crippen LogP contribution in [-0.2, 0) is 19.1 Å². The van der Waals surface area contributed by atoms with Gasteiger partial charge in [0.1, 0.15) is 0 Å². The summed E-state index contributed by atoms with van der Waals surface area (Å²) in [4.78, 5) is 46.4. The molecule has 2 aromatic rings. The Bertz CT molecular complexity index is 715. The second-order valence-corrected chi connectivity index (χ2v) is 4.76. The van der Waals surface area contributed by atoms with E-state index in [0.29, 0.717) is 0 Å². The van der Waals surface area contributed by atoms with Crippen LogP contribution >= 0.6 is 0 Å². The standard InChI is InChI=1S/C18H14O6.4Mg.8H/c19-15(23-17(21)13-7-3-1-4-8-13)11-12-16(20)24-18(22)14-9-5-2-6-10-14;;;;;;;;;;;;/h1-10H,11-12H2;;;;;;;;;;;;/q;4*+2;8*-1. The number of esters is 4. The van der Waals surface area contributed by atoms with Crippen LogP contribution in [0.1, 0.15) is 45.0 Å². The summed E-state index contributed by atoms with van der Waals surface area (Å²) in [6.07, 6.45) is -0.723. The molecule has 0 amide bonds. The molecule has 0 heterocycles. The van der Waals surface area contributed by atoms with E-state index < -0.39 is 23.9 Å². The van der Waals surface area contributed by atoms with E-state index >= 15 is 0 Å². The number of hydrogen-bond acceptors (Lipinski definition) is 6. The number of rotatable bonds is 5. The maximum atomic E-state index is 11.6. The van der Waals surface area contributed by atoms with E-state index in [4.69, 9.17) is 0 Å². The van der Waals surface area contributed by atoms with E-state index in [1.165, 1.54) is 24.3 Å². The Kier molecular flexibility index (Phi) is 20.4. The molecule has 2 aromatic carbocycles. The molecule has 0 aliphatic rings. The van der Waals surface area contributed by atoms with Crippen molar-refractivity contribution in [1.29, 1.82) is 0 Å². The first kappa shape index (κ1) is 32.5. The molecule has 0 bridgehead atoms. The molecule has 0 atom stereocenters. The zero-order chi connectivity index (χ0) is 17.4. The Morgan fingerprint density at radius 2 is 0.857 bits per heavy atom. The largest absolute Gasteiger partial charge is 2.00 e. The predicted molar refractivity (Wildman–Crippen MR) is 115 cm³/mol. The van der Waals surface area contributed by atoms with Gasteiger partial charge in [-0.1, -0.05) is 36.4 Å². The van der Waals surface area contributed by atoms with Crippen LogP contribution < -0.4 is 0 Å². The molecule has 2 rings (SSSR count). The summed E-state index contributed by atoms with van der Waals surface area (Å²) >= 11 is 0. The van der Waals surface area contributed by atoms with Crippen molar-refractivity contribution in [2.45, 2.75) is 12.8 Å². The molecule has 0 fully saturated rings. The zero-order valence-electron chi connectivity index (χ0n) is 23.5. The number of ether oxygens (including phenoxy) is 2. The van der Waals surface area contributed by atoms with Crippen molar-refractivity contribution in [1.82, 2.24) is 0 Å². The minimum absolute atomic E-state index is 0. The normalized spacial score (nSPS) is 8.43. The molecule has 0 saturated carbocycles. The van der Waals surface area contributed by atoms with Gasteiger partial charge in [0.15, 0.2) is 0 Å². The fraction of sp³-hybridized carbons (Fsp3) is 0.111.